The quantitative estimate of drug-likeness (QED) is 0.235. The van der Waals surface area contributed by atoms with E-state index in [2.05, 4.69) is 20.7 Å². The topological polar surface area (TPSA) is 123 Å². The molecule has 4 aromatic rings. The fourth-order valence-electron chi connectivity index (χ4n) is 4.06. The van der Waals surface area contributed by atoms with Gasteiger partial charge in [-0.25, -0.2) is 18.1 Å². The Morgan fingerprint density at radius 3 is 2.37 bits per heavy atom. The van der Waals surface area contributed by atoms with E-state index in [0.717, 1.165) is 0 Å². The number of halogens is 3. The Hall–Kier alpha value is -3.44. The summed E-state index contributed by atoms with van der Waals surface area (Å²) in [4.78, 5) is 30.9. The number of nitrogens with one attached hydrogen (secondary N) is 2. The normalized spacial score (nSPS) is 11.5. The minimum Gasteiger partial charge on any atom is -0.350 e. The number of nitrogens with zero attached hydrogens (tertiary/aromatic N) is 3. The van der Waals surface area contributed by atoms with Crippen molar-refractivity contribution in [1.29, 1.82) is 0 Å². The van der Waals surface area contributed by atoms with Crippen molar-refractivity contribution in [3.63, 3.8) is 0 Å². The van der Waals surface area contributed by atoms with Crippen molar-refractivity contribution in [3.05, 3.63) is 98.4 Å². The molecule has 0 bridgehead atoms. The van der Waals surface area contributed by atoms with Crippen molar-refractivity contribution >= 4 is 62.1 Å². The fraction of sp³-hybridized carbons (Fsp3) is 0.214. The summed E-state index contributed by atoms with van der Waals surface area (Å²) in [5, 5.41) is 10.7. The van der Waals surface area contributed by atoms with Gasteiger partial charge in [0.1, 0.15) is 5.69 Å². The number of carbonyl (C=O) groups excluding carboxylic acids is 2. The molecule has 2 amide bonds. The number of aromatic nitrogens is 3. The maximum atomic E-state index is 13.7. The molecule has 2 heterocycles. The molecule has 0 spiro atoms. The molecule has 2 aromatic carbocycles. The molecule has 2 aromatic heterocycles. The lowest BCUT2D eigenvalue weighted by atomic mass is 10.1. The minimum absolute atomic E-state index is 0.0113. The number of hydrogen-bond donors (Lipinski definition) is 2. The minimum atomic E-state index is -3.75. The molecule has 0 aliphatic carbocycles. The van der Waals surface area contributed by atoms with Gasteiger partial charge in [0, 0.05) is 23.7 Å². The second-order valence-electron chi connectivity index (χ2n) is 9.47. The largest absolute Gasteiger partial charge is 0.350 e. The molecule has 9 nitrogen and oxygen atoms in total. The number of aryl methyl sites for hydroxylation is 2. The van der Waals surface area contributed by atoms with Gasteiger partial charge in [-0.2, -0.15) is 5.10 Å². The Morgan fingerprint density at radius 1 is 0.976 bits per heavy atom. The molecule has 214 valence electrons. The van der Waals surface area contributed by atoms with Crippen molar-refractivity contribution in [2.24, 2.45) is 0 Å². The molecule has 0 fully saturated rings. The smallest absolute Gasteiger partial charge is 0.274 e. The average molecular weight is 635 g/mol. The first-order chi connectivity index (χ1) is 19.4. The molecular formula is C28H26Cl3N5O4S. The highest BCUT2D eigenvalue weighted by atomic mass is 35.5. The van der Waals surface area contributed by atoms with E-state index in [-0.39, 0.29) is 55.9 Å². The van der Waals surface area contributed by atoms with E-state index in [9.17, 15) is 18.0 Å². The molecule has 2 N–H and O–H groups in total. The number of rotatable bonds is 9. The van der Waals surface area contributed by atoms with Crippen LogP contribution in [0, 0.1) is 6.92 Å². The first-order valence-corrected chi connectivity index (χ1v) is 15.3. The zero-order valence-electron chi connectivity index (χ0n) is 22.3. The predicted molar refractivity (Wildman–Crippen MR) is 160 cm³/mol. The van der Waals surface area contributed by atoms with E-state index in [1.54, 1.807) is 37.3 Å². The Balaban J connectivity index is 1.71. The summed E-state index contributed by atoms with van der Waals surface area (Å²) in [7, 11) is -3.75. The highest BCUT2D eigenvalue weighted by Gasteiger charge is 2.24. The molecule has 0 aliphatic heterocycles. The maximum Gasteiger partial charge on any atom is 0.274 e. The second-order valence-corrected chi connectivity index (χ2v) is 12.8. The summed E-state index contributed by atoms with van der Waals surface area (Å²) >= 11 is 18.7. The zero-order chi connectivity index (χ0) is 29.9. The third-order valence-corrected chi connectivity index (χ3v) is 8.66. The van der Waals surface area contributed by atoms with Crippen LogP contribution in [0.15, 0.2) is 65.7 Å². The molecule has 0 aliphatic rings. The van der Waals surface area contributed by atoms with Crippen LogP contribution in [0.1, 0.15) is 46.0 Å². The van der Waals surface area contributed by atoms with Crippen LogP contribution in [0.25, 0.3) is 5.82 Å². The van der Waals surface area contributed by atoms with Crippen LogP contribution in [-0.4, -0.2) is 46.8 Å². The maximum absolute atomic E-state index is 13.7. The molecule has 13 heteroatoms. The molecule has 0 saturated carbocycles. The van der Waals surface area contributed by atoms with Gasteiger partial charge in [-0.1, -0.05) is 46.9 Å². The van der Waals surface area contributed by atoms with Gasteiger partial charge in [0.05, 0.1) is 37.6 Å². The molecular weight excluding hydrogens is 609 g/mol. The lowest BCUT2D eigenvalue weighted by molar-refractivity contribution is 0.0944. The summed E-state index contributed by atoms with van der Waals surface area (Å²) in [5.41, 5.74) is 1.34. The summed E-state index contributed by atoms with van der Waals surface area (Å²) in [6, 6.07) is 13.8. The van der Waals surface area contributed by atoms with Gasteiger partial charge >= 0.3 is 0 Å². The van der Waals surface area contributed by atoms with Crippen LogP contribution in [0.3, 0.4) is 0 Å². The van der Waals surface area contributed by atoms with Crippen LogP contribution in [0.5, 0.6) is 0 Å². The van der Waals surface area contributed by atoms with Gasteiger partial charge in [-0.3, -0.25) is 9.59 Å². The van der Waals surface area contributed by atoms with Gasteiger partial charge in [0.15, 0.2) is 15.7 Å². The fourth-order valence-corrected chi connectivity index (χ4v) is 6.37. The van der Waals surface area contributed by atoms with Crippen LogP contribution < -0.4 is 10.6 Å². The lowest BCUT2D eigenvalue weighted by Crippen LogP contribution is -2.31. The Morgan fingerprint density at radius 2 is 1.68 bits per heavy atom. The van der Waals surface area contributed by atoms with E-state index in [4.69, 9.17) is 34.8 Å². The van der Waals surface area contributed by atoms with Crippen LogP contribution in [-0.2, 0) is 16.3 Å². The highest BCUT2D eigenvalue weighted by molar-refractivity contribution is 7.91. The first kappa shape index (κ1) is 30.5. The van der Waals surface area contributed by atoms with Crippen LogP contribution >= 0.6 is 34.8 Å². The molecule has 0 saturated heterocycles. The van der Waals surface area contributed by atoms with Crippen molar-refractivity contribution in [2.45, 2.75) is 38.1 Å². The van der Waals surface area contributed by atoms with Gasteiger partial charge < -0.3 is 10.6 Å². The zero-order valence-corrected chi connectivity index (χ0v) is 25.4. The number of amides is 2. The van der Waals surface area contributed by atoms with Gasteiger partial charge in [-0.05, 0) is 68.8 Å². The first-order valence-electron chi connectivity index (χ1n) is 12.5. The molecule has 0 atom stereocenters. The van der Waals surface area contributed by atoms with Crippen molar-refractivity contribution in [3.8, 4) is 5.82 Å². The molecule has 0 radical (unpaired) electrons. The Kier molecular flexibility index (Phi) is 9.38. The van der Waals surface area contributed by atoms with Crippen LogP contribution in [0.2, 0.25) is 15.1 Å². The van der Waals surface area contributed by atoms with Gasteiger partial charge in [0.25, 0.3) is 11.8 Å². The monoisotopic (exact) mass is 633 g/mol. The predicted octanol–water partition coefficient (Wildman–Crippen LogP) is 5.94. The van der Waals surface area contributed by atoms with E-state index in [1.165, 1.54) is 35.1 Å². The number of sulfone groups is 1. The van der Waals surface area contributed by atoms with Gasteiger partial charge in [0.2, 0.25) is 0 Å². The summed E-state index contributed by atoms with van der Waals surface area (Å²) in [6.45, 7) is 5.35. The van der Waals surface area contributed by atoms with E-state index in [1.807, 2.05) is 13.8 Å². The SMILES string of the molecule is Cc1cc(Cl)cc(C(=O)NC(C)C)c1NC(=O)c1cc(CCS(=O)(=O)c2ccccc2Cl)nn1-c1ncccc1Cl. The van der Waals surface area contributed by atoms with Crippen molar-refractivity contribution in [2.75, 3.05) is 11.1 Å². The molecule has 41 heavy (non-hydrogen) atoms. The molecule has 4 rings (SSSR count). The van der Waals surface area contributed by atoms with E-state index >= 15 is 0 Å². The Bertz CT molecular complexity index is 1740. The third kappa shape index (κ3) is 7.08. The number of anilines is 1. The third-order valence-electron chi connectivity index (χ3n) is 5.93. The molecule has 0 unspecified atom stereocenters. The number of pyridine rings is 1. The number of carbonyl (C=O) groups is 2. The summed E-state index contributed by atoms with van der Waals surface area (Å²) in [6.07, 6.45) is 1.47. The van der Waals surface area contributed by atoms with Crippen molar-refractivity contribution in [1.82, 2.24) is 20.1 Å². The number of benzene rings is 2. The van der Waals surface area contributed by atoms with E-state index in [0.29, 0.717) is 16.3 Å². The highest BCUT2D eigenvalue weighted by Crippen LogP contribution is 2.28. The van der Waals surface area contributed by atoms with Crippen LogP contribution in [0.4, 0.5) is 5.69 Å². The lowest BCUT2D eigenvalue weighted by Gasteiger charge is -2.16. The van der Waals surface area contributed by atoms with E-state index < -0.39 is 21.7 Å². The standard InChI is InChI=1S/C28H26Cl3N5O4S/c1-16(2)33-27(37)20-14-18(29)13-17(3)25(20)34-28(38)23-15-19(35-36(23)26-22(31)8-6-11-32-26)10-12-41(39,40)24-9-5-4-7-21(24)30/h4-9,11,13-16H,10,12H2,1-3H3,(H,33,37)(H,34,38). The average Bonchev–Trinajstić information content (AvgIpc) is 3.33. The van der Waals surface area contributed by atoms with Crippen molar-refractivity contribution < 1.29 is 18.0 Å². The Labute approximate surface area is 252 Å². The summed E-state index contributed by atoms with van der Waals surface area (Å²) < 4.78 is 27.2. The second kappa shape index (κ2) is 12.6. The number of hydrogen-bond acceptors (Lipinski definition) is 6. The van der Waals surface area contributed by atoms with Gasteiger partial charge in [-0.15, -0.1) is 0 Å². The summed E-state index contributed by atoms with van der Waals surface area (Å²) in [5.74, 6) is -1.16.